The Balaban J connectivity index is 3.07. The van der Waals surface area contributed by atoms with Crippen molar-refractivity contribution < 1.29 is 14.4 Å². The van der Waals surface area contributed by atoms with Crippen LogP contribution in [0.5, 0.6) is 5.75 Å². The average molecular weight is 249 g/mol. The first kappa shape index (κ1) is 12.1. The van der Waals surface area contributed by atoms with Crippen LogP contribution in [0.25, 0.3) is 11.0 Å². The second-order valence-corrected chi connectivity index (χ2v) is 4.16. The van der Waals surface area contributed by atoms with E-state index in [1.165, 1.54) is 0 Å². The van der Waals surface area contributed by atoms with Gasteiger partial charge in [-0.25, -0.2) is 4.79 Å². The second kappa shape index (κ2) is 3.83. The molecule has 0 fully saturated rings. The Morgan fingerprint density at radius 2 is 1.89 bits per heavy atom. The van der Waals surface area contributed by atoms with Crippen LogP contribution in [0.15, 0.2) is 15.3 Å². The third kappa shape index (κ3) is 1.54. The lowest BCUT2D eigenvalue weighted by atomic mass is 9.99. The van der Waals surface area contributed by atoms with Crippen LogP contribution in [0.3, 0.4) is 0 Å². The first-order chi connectivity index (χ1) is 8.34. The third-order valence-corrected chi connectivity index (χ3v) is 3.16. The maximum Gasteiger partial charge on any atom is 0.419 e. The zero-order chi connectivity index (χ0) is 13.6. The molecule has 0 spiro atoms. The van der Waals surface area contributed by atoms with Crippen molar-refractivity contribution in [3.8, 4) is 5.75 Å². The second-order valence-electron chi connectivity index (χ2n) is 4.16. The normalized spacial score (nSPS) is 10.8. The van der Waals surface area contributed by atoms with Crippen molar-refractivity contribution in [3.63, 3.8) is 0 Å². The minimum Gasteiger partial charge on any atom is -0.501 e. The standard InChI is InChI=1S/C12H11NO5/c1-5-4-8-9(7(3)6(5)2)11(14)10(13(16)17)12(15)18-8/h4,14H,1-3H3. The number of hydrogen-bond acceptors (Lipinski definition) is 5. The molecule has 2 aromatic rings. The summed E-state index contributed by atoms with van der Waals surface area (Å²) in [4.78, 5) is 21.2. The number of rotatable bonds is 1. The monoisotopic (exact) mass is 249 g/mol. The minimum atomic E-state index is -1.15. The van der Waals surface area contributed by atoms with Crippen LogP contribution in [-0.2, 0) is 0 Å². The summed E-state index contributed by atoms with van der Waals surface area (Å²) >= 11 is 0. The third-order valence-electron chi connectivity index (χ3n) is 3.16. The van der Waals surface area contributed by atoms with E-state index in [1.54, 1.807) is 13.0 Å². The number of nitro groups is 1. The van der Waals surface area contributed by atoms with Gasteiger partial charge in [-0.3, -0.25) is 10.1 Å². The van der Waals surface area contributed by atoms with Gasteiger partial charge in [0.2, 0.25) is 5.75 Å². The molecule has 0 bridgehead atoms. The summed E-state index contributed by atoms with van der Waals surface area (Å²) in [5.41, 5.74) is 0.525. The molecule has 0 unspecified atom stereocenters. The van der Waals surface area contributed by atoms with E-state index in [1.807, 2.05) is 13.8 Å². The quantitative estimate of drug-likeness (QED) is 0.475. The molecule has 0 saturated carbocycles. The molecule has 0 atom stereocenters. The molecule has 0 aliphatic heterocycles. The molecule has 0 aliphatic rings. The fourth-order valence-electron chi connectivity index (χ4n) is 1.94. The van der Waals surface area contributed by atoms with Crippen LogP contribution < -0.4 is 5.63 Å². The first-order valence-corrected chi connectivity index (χ1v) is 5.25. The summed E-state index contributed by atoms with van der Waals surface area (Å²) in [6, 6.07) is 1.59. The van der Waals surface area contributed by atoms with Crippen LogP contribution in [0.4, 0.5) is 5.69 Å². The predicted molar refractivity (Wildman–Crippen MR) is 65.0 cm³/mol. The number of benzene rings is 1. The molecule has 94 valence electrons. The largest absolute Gasteiger partial charge is 0.501 e. The SMILES string of the molecule is Cc1cc2oc(=O)c([N+](=O)[O-])c(O)c2c(C)c1C. The Bertz CT molecular complexity index is 730. The van der Waals surface area contributed by atoms with Gasteiger partial charge in [-0.2, -0.15) is 0 Å². The Hall–Kier alpha value is -2.37. The Morgan fingerprint density at radius 3 is 2.44 bits per heavy atom. The van der Waals surface area contributed by atoms with Crippen LogP contribution >= 0.6 is 0 Å². The summed E-state index contributed by atoms with van der Waals surface area (Å²) in [5.74, 6) is -0.633. The van der Waals surface area contributed by atoms with E-state index in [-0.39, 0.29) is 11.0 Å². The minimum absolute atomic E-state index is 0.156. The van der Waals surface area contributed by atoms with Crippen LogP contribution in [0.1, 0.15) is 16.7 Å². The van der Waals surface area contributed by atoms with Crippen LogP contribution in [-0.4, -0.2) is 10.0 Å². The fraction of sp³-hybridized carbons (Fsp3) is 0.250. The van der Waals surface area contributed by atoms with E-state index in [0.717, 1.165) is 11.1 Å². The van der Waals surface area contributed by atoms with Crippen molar-refractivity contribution >= 4 is 16.7 Å². The summed E-state index contributed by atoms with van der Waals surface area (Å²) < 4.78 is 4.89. The van der Waals surface area contributed by atoms with Gasteiger partial charge in [0.1, 0.15) is 5.58 Å². The Labute approximate surface area is 102 Å². The molecule has 1 aromatic heterocycles. The highest BCUT2D eigenvalue weighted by molar-refractivity contribution is 5.90. The molecule has 6 nitrogen and oxygen atoms in total. The number of fused-ring (bicyclic) bond motifs is 1. The molecule has 6 heteroatoms. The van der Waals surface area contributed by atoms with Gasteiger partial charge >= 0.3 is 11.3 Å². The lowest BCUT2D eigenvalue weighted by molar-refractivity contribution is -0.388. The lowest BCUT2D eigenvalue weighted by Gasteiger charge is -2.09. The van der Waals surface area contributed by atoms with Crippen LogP contribution in [0.2, 0.25) is 0 Å². The average Bonchev–Trinajstić information content (AvgIpc) is 2.24. The molecule has 1 aromatic carbocycles. The summed E-state index contributed by atoms with van der Waals surface area (Å²) in [6.07, 6.45) is 0. The van der Waals surface area contributed by atoms with E-state index in [2.05, 4.69) is 0 Å². The molecule has 0 saturated heterocycles. The Morgan fingerprint density at radius 1 is 1.28 bits per heavy atom. The highest BCUT2D eigenvalue weighted by Crippen LogP contribution is 2.35. The smallest absolute Gasteiger partial charge is 0.419 e. The number of aromatic hydroxyl groups is 1. The highest BCUT2D eigenvalue weighted by Gasteiger charge is 2.26. The van der Waals surface area contributed by atoms with Crippen molar-refractivity contribution in [1.82, 2.24) is 0 Å². The van der Waals surface area contributed by atoms with Crippen molar-refractivity contribution in [1.29, 1.82) is 0 Å². The van der Waals surface area contributed by atoms with Crippen molar-refractivity contribution in [2.45, 2.75) is 20.8 Å². The van der Waals surface area contributed by atoms with Crippen molar-refractivity contribution in [2.75, 3.05) is 0 Å². The Kier molecular flexibility index (Phi) is 2.58. The van der Waals surface area contributed by atoms with Crippen molar-refractivity contribution in [2.24, 2.45) is 0 Å². The number of nitrogens with zero attached hydrogens (tertiary/aromatic N) is 1. The molecular formula is C12H11NO5. The van der Waals surface area contributed by atoms with Gasteiger partial charge in [-0.1, -0.05) is 0 Å². The maximum absolute atomic E-state index is 11.4. The van der Waals surface area contributed by atoms with E-state index >= 15 is 0 Å². The predicted octanol–water partition coefficient (Wildman–Crippen LogP) is 2.33. The molecule has 18 heavy (non-hydrogen) atoms. The first-order valence-electron chi connectivity index (χ1n) is 5.25. The van der Waals surface area contributed by atoms with E-state index in [9.17, 15) is 20.0 Å². The molecule has 0 radical (unpaired) electrons. The molecule has 2 rings (SSSR count). The van der Waals surface area contributed by atoms with Gasteiger partial charge in [0.25, 0.3) is 0 Å². The van der Waals surface area contributed by atoms with Gasteiger partial charge in [0.15, 0.2) is 0 Å². The lowest BCUT2D eigenvalue weighted by Crippen LogP contribution is -2.07. The highest BCUT2D eigenvalue weighted by atomic mass is 16.6. The zero-order valence-electron chi connectivity index (χ0n) is 10.1. The topological polar surface area (TPSA) is 93.6 Å². The van der Waals surface area contributed by atoms with Gasteiger partial charge < -0.3 is 9.52 Å². The summed E-state index contributed by atoms with van der Waals surface area (Å²) in [7, 11) is 0. The van der Waals surface area contributed by atoms with Gasteiger partial charge in [-0.05, 0) is 43.5 Å². The van der Waals surface area contributed by atoms with Crippen LogP contribution in [0, 0.1) is 30.9 Å². The van der Waals surface area contributed by atoms with E-state index < -0.39 is 22.0 Å². The molecule has 0 amide bonds. The summed E-state index contributed by atoms with van der Waals surface area (Å²) in [5, 5.41) is 20.8. The van der Waals surface area contributed by atoms with Gasteiger partial charge in [-0.15, -0.1) is 0 Å². The van der Waals surface area contributed by atoms with Crippen molar-refractivity contribution in [3.05, 3.63) is 43.3 Å². The van der Waals surface area contributed by atoms with Gasteiger partial charge in [0, 0.05) is 0 Å². The molecule has 1 heterocycles. The number of hydrogen-bond donors (Lipinski definition) is 1. The van der Waals surface area contributed by atoms with E-state index in [0.29, 0.717) is 5.56 Å². The van der Waals surface area contributed by atoms with E-state index in [4.69, 9.17) is 4.42 Å². The zero-order valence-corrected chi connectivity index (χ0v) is 10.1. The molecule has 0 aliphatic carbocycles. The fourth-order valence-corrected chi connectivity index (χ4v) is 1.94. The molecular weight excluding hydrogens is 238 g/mol. The summed E-state index contributed by atoms with van der Waals surface area (Å²) in [6.45, 7) is 5.38. The van der Waals surface area contributed by atoms with Gasteiger partial charge in [0.05, 0.1) is 10.3 Å². The molecule has 1 N–H and O–H groups in total. The maximum atomic E-state index is 11.4. The number of aryl methyl sites for hydroxylation is 2.